The van der Waals surface area contributed by atoms with Gasteiger partial charge in [0.2, 0.25) is 0 Å². The van der Waals surface area contributed by atoms with Crippen LogP contribution in [0, 0.1) is 0 Å². The van der Waals surface area contributed by atoms with Crippen LogP contribution in [-0.4, -0.2) is 28.7 Å². The molecule has 4 heteroatoms. The highest BCUT2D eigenvalue weighted by Gasteiger charge is 2.28. The van der Waals surface area contributed by atoms with Gasteiger partial charge in [-0.3, -0.25) is 0 Å². The number of rotatable bonds is 2. The number of nitrogens with one attached hydrogen (secondary N) is 2. The predicted molar refractivity (Wildman–Crippen MR) is 72.9 cm³/mol. The zero-order chi connectivity index (χ0) is 12.6. The number of benzene rings is 1. The second-order valence-corrected chi connectivity index (χ2v) is 5.18. The largest absolute Gasteiger partial charge is 0.508 e. The van der Waals surface area contributed by atoms with Crippen LogP contribution in [0.15, 0.2) is 30.5 Å². The highest BCUT2D eigenvalue weighted by atomic mass is 16.3. The summed E-state index contributed by atoms with van der Waals surface area (Å²) in [5, 5.41) is 18.5. The van der Waals surface area contributed by atoms with Gasteiger partial charge in [0, 0.05) is 23.7 Å². The standard InChI is InChI=1S/C14H17N3O/c1-14(5-7-15-9-14)17-13-12-8-11(18)3-2-10(12)4-6-16-13/h2-4,6,8,15,18H,5,7,9H2,1H3,(H,16,17). The summed E-state index contributed by atoms with van der Waals surface area (Å²) in [5.74, 6) is 1.11. The Hall–Kier alpha value is -1.81. The minimum atomic E-state index is 0.0345. The van der Waals surface area contributed by atoms with Crippen LogP contribution in [0.4, 0.5) is 5.82 Å². The SMILES string of the molecule is CC1(Nc2nccc3ccc(O)cc23)CCNC1. The zero-order valence-electron chi connectivity index (χ0n) is 10.4. The van der Waals surface area contributed by atoms with Crippen molar-refractivity contribution in [3.8, 4) is 5.75 Å². The van der Waals surface area contributed by atoms with Crippen LogP contribution >= 0.6 is 0 Å². The zero-order valence-corrected chi connectivity index (χ0v) is 10.4. The van der Waals surface area contributed by atoms with Crippen molar-refractivity contribution in [1.29, 1.82) is 0 Å². The van der Waals surface area contributed by atoms with Crippen LogP contribution in [0.2, 0.25) is 0 Å². The molecule has 1 saturated heterocycles. The van der Waals surface area contributed by atoms with E-state index < -0.39 is 0 Å². The first-order chi connectivity index (χ1) is 8.66. The Bertz CT molecular complexity index is 576. The molecule has 18 heavy (non-hydrogen) atoms. The normalized spacial score (nSPS) is 23.4. The van der Waals surface area contributed by atoms with Crippen molar-refractivity contribution in [3.05, 3.63) is 30.5 Å². The van der Waals surface area contributed by atoms with Crippen LogP contribution in [0.5, 0.6) is 5.75 Å². The number of nitrogens with zero attached hydrogens (tertiary/aromatic N) is 1. The van der Waals surface area contributed by atoms with E-state index in [4.69, 9.17) is 0 Å². The summed E-state index contributed by atoms with van der Waals surface area (Å²) in [5.41, 5.74) is 0.0345. The number of anilines is 1. The number of aromatic nitrogens is 1. The van der Waals surface area contributed by atoms with Crippen molar-refractivity contribution in [2.45, 2.75) is 18.9 Å². The fourth-order valence-corrected chi connectivity index (χ4v) is 2.47. The van der Waals surface area contributed by atoms with E-state index in [0.29, 0.717) is 0 Å². The van der Waals surface area contributed by atoms with E-state index in [2.05, 4.69) is 22.5 Å². The van der Waals surface area contributed by atoms with Gasteiger partial charge in [0.25, 0.3) is 0 Å². The molecule has 1 aromatic heterocycles. The molecule has 1 fully saturated rings. The van der Waals surface area contributed by atoms with Crippen molar-refractivity contribution in [1.82, 2.24) is 10.3 Å². The van der Waals surface area contributed by atoms with Crippen molar-refractivity contribution >= 4 is 16.6 Å². The van der Waals surface area contributed by atoms with Gasteiger partial charge in [-0.2, -0.15) is 0 Å². The molecule has 1 aliphatic heterocycles. The molecule has 0 spiro atoms. The van der Waals surface area contributed by atoms with Gasteiger partial charge in [0.05, 0.1) is 0 Å². The average Bonchev–Trinajstić information content (AvgIpc) is 2.77. The molecule has 0 aliphatic carbocycles. The maximum absolute atomic E-state index is 9.61. The number of phenols is 1. The van der Waals surface area contributed by atoms with E-state index in [1.54, 1.807) is 18.3 Å². The second kappa shape index (κ2) is 4.14. The number of hydrogen-bond acceptors (Lipinski definition) is 4. The van der Waals surface area contributed by atoms with E-state index in [1.165, 1.54) is 0 Å². The monoisotopic (exact) mass is 243 g/mol. The molecule has 0 saturated carbocycles. The molecule has 1 atom stereocenters. The third-order valence-corrected chi connectivity index (χ3v) is 3.54. The lowest BCUT2D eigenvalue weighted by molar-refractivity contribution is 0.476. The number of fused-ring (bicyclic) bond motifs is 1. The summed E-state index contributed by atoms with van der Waals surface area (Å²) >= 11 is 0. The highest BCUT2D eigenvalue weighted by Crippen LogP contribution is 2.28. The van der Waals surface area contributed by atoms with Gasteiger partial charge in [-0.05, 0) is 43.5 Å². The van der Waals surface area contributed by atoms with Gasteiger partial charge in [0.15, 0.2) is 0 Å². The molecule has 0 bridgehead atoms. The lowest BCUT2D eigenvalue weighted by atomic mass is 10.0. The molecular formula is C14H17N3O. The minimum absolute atomic E-state index is 0.0345. The maximum Gasteiger partial charge on any atom is 0.134 e. The Kier molecular flexibility index (Phi) is 2.59. The fourth-order valence-electron chi connectivity index (χ4n) is 2.47. The quantitative estimate of drug-likeness (QED) is 0.756. The van der Waals surface area contributed by atoms with Gasteiger partial charge in [-0.25, -0.2) is 4.98 Å². The summed E-state index contributed by atoms with van der Waals surface area (Å²) in [6.45, 7) is 4.15. The molecule has 94 valence electrons. The van der Waals surface area contributed by atoms with Crippen molar-refractivity contribution in [2.75, 3.05) is 18.4 Å². The number of pyridine rings is 1. The number of hydrogen-bond donors (Lipinski definition) is 3. The molecule has 0 amide bonds. The second-order valence-electron chi connectivity index (χ2n) is 5.18. The molecular weight excluding hydrogens is 226 g/mol. The summed E-state index contributed by atoms with van der Waals surface area (Å²) < 4.78 is 0. The Morgan fingerprint density at radius 2 is 2.28 bits per heavy atom. The van der Waals surface area contributed by atoms with E-state index in [-0.39, 0.29) is 11.3 Å². The molecule has 0 radical (unpaired) electrons. The van der Waals surface area contributed by atoms with Gasteiger partial charge in [-0.1, -0.05) is 6.07 Å². The molecule has 1 unspecified atom stereocenters. The maximum atomic E-state index is 9.61. The average molecular weight is 243 g/mol. The third kappa shape index (κ3) is 1.99. The molecule has 2 heterocycles. The summed E-state index contributed by atoms with van der Waals surface area (Å²) in [6, 6.07) is 7.32. The Balaban J connectivity index is 2.03. The van der Waals surface area contributed by atoms with E-state index in [0.717, 1.165) is 36.1 Å². The van der Waals surface area contributed by atoms with Crippen LogP contribution in [-0.2, 0) is 0 Å². The van der Waals surface area contributed by atoms with Gasteiger partial charge >= 0.3 is 0 Å². The molecule has 1 aromatic carbocycles. The number of aromatic hydroxyl groups is 1. The lowest BCUT2D eigenvalue weighted by Gasteiger charge is -2.25. The molecule has 2 aromatic rings. The molecule has 3 N–H and O–H groups in total. The smallest absolute Gasteiger partial charge is 0.134 e. The van der Waals surface area contributed by atoms with Crippen LogP contribution in [0.25, 0.3) is 10.8 Å². The van der Waals surface area contributed by atoms with Gasteiger partial charge in [0.1, 0.15) is 11.6 Å². The first-order valence-electron chi connectivity index (χ1n) is 6.23. The Morgan fingerprint density at radius 1 is 1.39 bits per heavy atom. The summed E-state index contributed by atoms with van der Waals surface area (Å²) in [4.78, 5) is 4.41. The van der Waals surface area contributed by atoms with Crippen molar-refractivity contribution in [3.63, 3.8) is 0 Å². The first-order valence-corrected chi connectivity index (χ1v) is 6.23. The summed E-state index contributed by atoms with van der Waals surface area (Å²) in [6.07, 6.45) is 2.87. The van der Waals surface area contributed by atoms with Gasteiger partial charge in [-0.15, -0.1) is 0 Å². The van der Waals surface area contributed by atoms with Crippen LogP contribution < -0.4 is 10.6 Å². The minimum Gasteiger partial charge on any atom is -0.508 e. The first kappa shape index (κ1) is 11.3. The fraction of sp³-hybridized carbons (Fsp3) is 0.357. The van der Waals surface area contributed by atoms with E-state index in [1.807, 2.05) is 12.1 Å². The molecule has 3 rings (SSSR count). The van der Waals surface area contributed by atoms with Crippen LogP contribution in [0.3, 0.4) is 0 Å². The van der Waals surface area contributed by atoms with Crippen molar-refractivity contribution in [2.24, 2.45) is 0 Å². The van der Waals surface area contributed by atoms with Crippen molar-refractivity contribution < 1.29 is 5.11 Å². The predicted octanol–water partition coefficient (Wildman–Crippen LogP) is 2.10. The summed E-state index contributed by atoms with van der Waals surface area (Å²) in [7, 11) is 0. The Labute approximate surface area is 106 Å². The van der Waals surface area contributed by atoms with Gasteiger partial charge < -0.3 is 15.7 Å². The molecule has 1 aliphatic rings. The highest BCUT2D eigenvalue weighted by molar-refractivity contribution is 5.92. The third-order valence-electron chi connectivity index (χ3n) is 3.54. The topological polar surface area (TPSA) is 57.2 Å². The lowest BCUT2D eigenvalue weighted by Crippen LogP contribution is -2.37. The van der Waals surface area contributed by atoms with Crippen LogP contribution in [0.1, 0.15) is 13.3 Å². The van der Waals surface area contributed by atoms with E-state index in [9.17, 15) is 5.11 Å². The number of phenolic OH excluding ortho intramolecular Hbond substituents is 1. The molecule has 4 nitrogen and oxygen atoms in total. The van der Waals surface area contributed by atoms with E-state index >= 15 is 0 Å². The Morgan fingerprint density at radius 3 is 3.06 bits per heavy atom.